The number of nitrogens with two attached hydrogens (primary N) is 1. The second-order valence-corrected chi connectivity index (χ2v) is 8.38. The lowest BCUT2D eigenvalue weighted by molar-refractivity contribution is 0.102. The third-order valence-electron chi connectivity index (χ3n) is 4.66. The number of carbonyl (C=O) groups excluding carboxylic acids is 1. The van der Waals surface area contributed by atoms with Crippen molar-refractivity contribution in [2.45, 2.75) is 11.8 Å². The quantitative estimate of drug-likeness (QED) is 0.668. The van der Waals surface area contributed by atoms with Gasteiger partial charge in [0.1, 0.15) is 0 Å². The number of hydrogen-bond donors (Lipinski definition) is 2. The average Bonchev–Trinajstić information content (AvgIpc) is 2.68. The van der Waals surface area contributed by atoms with Crippen LogP contribution in [-0.2, 0) is 10.0 Å². The van der Waals surface area contributed by atoms with Crippen LogP contribution >= 0.6 is 24.8 Å². The van der Waals surface area contributed by atoms with Crippen molar-refractivity contribution in [1.29, 1.82) is 0 Å². The SMILES string of the molecule is CCN1CCN(S(=O)(=O)c2cccc(NC(=O)c3cccc(N)c3)c2)CC1.Cl.Cl. The normalized spacial score (nSPS) is 15.1. The highest BCUT2D eigenvalue weighted by Crippen LogP contribution is 2.21. The fraction of sp³-hybridized carbons (Fsp3) is 0.316. The number of nitrogen functional groups attached to an aromatic ring is 1. The van der Waals surface area contributed by atoms with E-state index in [1.165, 1.54) is 10.4 Å². The maximum absolute atomic E-state index is 12.9. The van der Waals surface area contributed by atoms with Crippen LogP contribution in [0.1, 0.15) is 17.3 Å². The summed E-state index contributed by atoms with van der Waals surface area (Å²) in [6.45, 7) is 5.37. The Morgan fingerprint density at radius 2 is 1.69 bits per heavy atom. The molecule has 0 saturated carbocycles. The standard InChI is InChI=1S/C19H24N4O3S.2ClH/c1-2-22-9-11-23(12-10-22)27(25,26)18-8-4-7-17(14-18)21-19(24)15-5-3-6-16(20)13-15;;/h3-8,13-14H,2,9-12,20H2,1H3,(H,21,24);2*1H. The largest absolute Gasteiger partial charge is 0.399 e. The number of sulfonamides is 1. The van der Waals surface area contributed by atoms with E-state index in [2.05, 4.69) is 17.1 Å². The van der Waals surface area contributed by atoms with E-state index in [0.717, 1.165) is 19.6 Å². The number of anilines is 2. The first kappa shape index (κ1) is 25.2. The Morgan fingerprint density at radius 1 is 1.03 bits per heavy atom. The molecule has 2 aromatic rings. The summed E-state index contributed by atoms with van der Waals surface area (Å²) in [5.74, 6) is -0.339. The van der Waals surface area contributed by atoms with Crippen LogP contribution in [0.25, 0.3) is 0 Å². The molecule has 0 bridgehead atoms. The molecule has 2 aromatic carbocycles. The minimum Gasteiger partial charge on any atom is -0.399 e. The van der Waals surface area contributed by atoms with Crippen LogP contribution in [0.3, 0.4) is 0 Å². The lowest BCUT2D eigenvalue weighted by Gasteiger charge is -2.33. The van der Waals surface area contributed by atoms with Gasteiger partial charge in [0, 0.05) is 43.1 Å². The third kappa shape index (κ3) is 6.07. The Bertz CT molecular complexity index is 933. The summed E-state index contributed by atoms with van der Waals surface area (Å²) >= 11 is 0. The molecule has 0 spiro atoms. The van der Waals surface area contributed by atoms with Gasteiger partial charge in [0.05, 0.1) is 4.90 Å². The molecule has 7 nitrogen and oxygen atoms in total. The first-order chi connectivity index (χ1) is 12.9. The Balaban J connectivity index is 0.00000210. The zero-order valence-electron chi connectivity index (χ0n) is 16.1. The van der Waals surface area contributed by atoms with Gasteiger partial charge >= 0.3 is 0 Å². The number of nitrogens with zero attached hydrogens (tertiary/aromatic N) is 2. The third-order valence-corrected chi connectivity index (χ3v) is 6.55. The summed E-state index contributed by atoms with van der Waals surface area (Å²) in [5, 5.41) is 2.73. The molecule has 1 saturated heterocycles. The predicted molar refractivity (Wildman–Crippen MR) is 121 cm³/mol. The van der Waals surface area contributed by atoms with Crippen LogP contribution in [0.2, 0.25) is 0 Å². The van der Waals surface area contributed by atoms with E-state index in [-0.39, 0.29) is 35.6 Å². The van der Waals surface area contributed by atoms with Crippen LogP contribution < -0.4 is 11.1 Å². The molecule has 10 heteroatoms. The molecule has 1 aliphatic rings. The fourth-order valence-corrected chi connectivity index (χ4v) is 4.52. The van der Waals surface area contributed by atoms with Gasteiger partial charge in [-0.05, 0) is 42.9 Å². The Labute approximate surface area is 184 Å². The Kier molecular flexibility index (Phi) is 9.38. The Morgan fingerprint density at radius 3 is 2.31 bits per heavy atom. The lowest BCUT2D eigenvalue weighted by atomic mass is 10.2. The molecular formula is C19H26Cl2N4O3S. The van der Waals surface area contributed by atoms with E-state index in [1.54, 1.807) is 42.5 Å². The van der Waals surface area contributed by atoms with Crippen molar-refractivity contribution < 1.29 is 13.2 Å². The van der Waals surface area contributed by atoms with Crippen molar-refractivity contribution in [3.63, 3.8) is 0 Å². The Hall–Kier alpha value is -1.84. The molecule has 0 aliphatic carbocycles. The molecule has 160 valence electrons. The maximum Gasteiger partial charge on any atom is 0.255 e. The monoisotopic (exact) mass is 460 g/mol. The van der Waals surface area contributed by atoms with Crippen molar-refractivity contribution in [3.8, 4) is 0 Å². The van der Waals surface area contributed by atoms with Gasteiger partial charge in [-0.3, -0.25) is 4.79 Å². The topological polar surface area (TPSA) is 95.7 Å². The fourth-order valence-electron chi connectivity index (χ4n) is 3.05. The highest BCUT2D eigenvalue weighted by atomic mass is 35.5. The number of hydrogen-bond acceptors (Lipinski definition) is 5. The maximum atomic E-state index is 12.9. The van der Waals surface area contributed by atoms with Gasteiger partial charge in [0.2, 0.25) is 10.0 Å². The highest BCUT2D eigenvalue weighted by Gasteiger charge is 2.28. The van der Waals surface area contributed by atoms with Gasteiger partial charge in [-0.15, -0.1) is 24.8 Å². The average molecular weight is 461 g/mol. The van der Waals surface area contributed by atoms with Crippen molar-refractivity contribution in [2.75, 3.05) is 43.8 Å². The molecule has 0 aromatic heterocycles. The molecule has 0 unspecified atom stereocenters. The molecule has 1 heterocycles. The summed E-state index contributed by atoms with van der Waals surface area (Å²) in [6, 6.07) is 13.0. The summed E-state index contributed by atoms with van der Waals surface area (Å²) in [4.78, 5) is 14.8. The molecule has 3 N–H and O–H groups in total. The minimum absolute atomic E-state index is 0. The second kappa shape index (κ2) is 10.8. The molecule has 29 heavy (non-hydrogen) atoms. The summed E-state index contributed by atoms with van der Waals surface area (Å²) in [5.41, 5.74) is 7.04. The smallest absolute Gasteiger partial charge is 0.255 e. The zero-order valence-corrected chi connectivity index (χ0v) is 18.5. The van der Waals surface area contributed by atoms with Gasteiger partial charge in [0.15, 0.2) is 0 Å². The van der Waals surface area contributed by atoms with E-state index < -0.39 is 10.0 Å². The van der Waals surface area contributed by atoms with Crippen molar-refractivity contribution in [1.82, 2.24) is 9.21 Å². The highest BCUT2D eigenvalue weighted by molar-refractivity contribution is 7.89. The molecule has 0 atom stereocenters. The van der Waals surface area contributed by atoms with E-state index in [1.807, 2.05) is 0 Å². The number of nitrogens with one attached hydrogen (secondary N) is 1. The molecule has 1 fully saturated rings. The van der Waals surface area contributed by atoms with Crippen LogP contribution in [0.4, 0.5) is 11.4 Å². The first-order valence-electron chi connectivity index (χ1n) is 8.89. The second-order valence-electron chi connectivity index (χ2n) is 6.45. The van der Waals surface area contributed by atoms with Crippen LogP contribution in [0.5, 0.6) is 0 Å². The summed E-state index contributed by atoms with van der Waals surface area (Å²) in [7, 11) is -3.59. The molecule has 3 rings (SSSR count). The minimum atomic E-state index is -3.59. The van der Waals surface area contributed by atoms with Gasteiger partial charge < -0.3 is 16.0 Å². The first-order valence-corrected chi connectivity index (χ1v) is 10.3. The van der Waals surface area contributed by atoms with Crippen molar-refractivity contribution in [2.24, 2.45) is 0 Å². The van der Waals surface area contributed by atoms with Crippen LogP contribution in [0.15, 0.2) is 53.4 Å². The van der Waals surface area contributed by atoms with Crippen molar-refractivity contribution >= 4 is 52.1 Å². The van der Waals surface area contributed by atoms with Crippen LogP contribution in [-0.4, -0.2) is 56.3 Å². The molecule has 0 radical (unpaired) electrons. The number of benzene rings is 2. The number of halogens is 2. The van der Waals surface area contributed by atoms with Gasteiger partial charge in [-0.2, -0.15) is 4.31 Å². The summed E-state index contributed by atoms with van der Waals surface area (Å²) < 4.78 is 27.3. The number of amides is 1. The van der Waals surface area contributed by atoms with Gasteiger partial charge in [-0.1, -0.05) is 19.1 Å². The van der Waals surface area contributed by atoms with E-state index >= 15 is 0 Å². The number of rotatable bonds is 5. The molecular weight excluding hydrogens is 435 g/mol. The predicted octanol–water partition coefficient (Wildman–Crippen LogP) is 2.69. The number of likely N-dealkylation sites (N-methyl/N-ethyl adjacent to an activating group) is 1. The lowest BCUT2D eigenvalue weighted by Crippen LogP contribution is -2.48. The van der Waals surface area contributed by atoms with E-state index in [4.69, 9.17) is 5.73 Å². The number of carbonyl (C=O) groups is 1. The summed E-state index contributed by atoms with van der Waals surface area (Å²) in [6.07, 6.45) is 0. The van der Waals surface area contributed by atoms with Gasteiger partial charge in [0.25, 0.3) is 5.91 Å². The van der Waals surface area contributed by atoms with E-state index in [9.17, 15) is 13.2 Å². The molecule has 1 aliphatic heterocycles. The van der Waals surface area contributed by atoms with Crippen LogP contribution in [0, 0.1) is 0 Å². The number of piperazine rings is 1. The molecule has 1 amide bonds. The van der Waals surface area contributed by atoms with Gasteiger partial charge in [-0.25, -0.2) is 8.42 Å². The van der Waals surface area contributed by atoms with Crippen molar-refractivity contribution in [3.05, 3.63) is 54.1 Å². The van der Waals surface area contributed by atoms with E-state index in [0.29, 0.717) is 30.0 Å². The zero-order chi connectivity index (χ0) is 19.4.